The number of carbonyl (C=O) groups excluding carboxylic acids is 1. The van der Waals surface area contributed by atoms with E-state index in [1.807, 2.05) is 64.6 Å². The number of para-hydroxylation sites is 1. The molecule has 3 aromatic carbocycles. The number of hydrazone groups is 2. The van der Waals surface area contributed by atoms with E-state index in [-0.39, 0.29) is 5.78 Å². The minimum absolute atomic E-state index is 0.0631. The number of anilines is 2. The van der Waals surface area contributed by atoms with Gasteiger partial charge in [-0.15, -0.1) is 0 Å². The molecule has 5 rings (SSSR count). The number of hydrogen-bond donors (Lipinski definition) is 0. The van der Waals surface area contributed by atoms with Crippen LogP contribution in [0.5, 0.6) is 0 Å². The summed E-state index contributed by atoms with van der Waals surface area (Å²) in [5.41, 5.74) is 5.18. The van der Waals surface area contributed by atoms with Crippen LogP contribution in [-0.2, 0) is 11.2 Å². The van der Waals surface area contributed by atoms with Crippen LogP contribution in [0.3, 0.4) is 0 Å². The number of thioether (sulfide) groups is 1. The van der Waals surface area contributed by atoms with Crippen molar-refractivity contribution in [2.45, 2.75) is 38.1 Å². The van der Waals surface area contributed by atoms with Gasteiger partial charge >= 0.3 is 0 Å². The zero-order valence-electron chi connectivity index (χ0n) is 19.1. The van der Waals surface area contributed by atoms with Gasteiger partial charge in [0.1, 0.15) is 0 Å². The molecule has 1 atom stereocenters. The Hall–Kier alpha value is -3.09. The third kappa shape index (κ3) is 4.12. The second-order valence-corrected chi connectivity index (χ2v) is 10.0. The average molecular weight is 489 g/mol. The maximum atomic E-state index is 12.4. The van der Waals surface area contributed by atoms with Crippen LogP contribution in [-0.4, -0.2) is 21.5 Å². The first-order valence-electron chi connectivity index (χ1n) is 11.4. The van der Waals surface area contributed by atoms with Crippen LogP contribution < -0.4 is 10.0 Å². The molecular formula is C27H25ClN4OS. The van der Waals surface area contributed by atoms with Crippen molar-refractivity contribution in [2.75, 3.05) is 10.0 Å². The first-order chi connectivity index (χ1) is 16.5. The first kappa shape index (κ1) is 22.7. The summed E-state index contributed by atoms with van der Waals surface area (Å²) in [5, 5.41) is 15.0. The standard InChI is InChI=1S/C27H25ClN4OS/c1-3-20-12-14-21(15-13-20)25-16-17-27(31(29-25)23-9-5-4-6-10-23)32(30-26(34-27)19(2)33)24-11-7-8-22(28)18-24/h4-15,18H,3,16-17H2,1-2H3. The van der Waals surface area contributed by atoms with Crippen molar-refractivity contribution < 1.29 is 4.79 Å². The number of nitrogens with zero attached hydrogens (tertiary/aromatic N) is 4. The fourth-order valence-corrected chi connectivity index (χ4v) is 5.72. The van der Waals surface area contributed by atoms with Gasteiger partial charge in [-0.3, -0.25) is 4.79 Å². The molecule has 0 aromatic heterocycles. The molecule has 7 heteroatoms. The number of benzene rings is 3. The second kappa shape index (κ2) is 9.28. The number of carbonyl (C=O) groups is 1. The van der Waals surface area contributed by atoms with Crippen LogP contribution in [0.2, 0.25) is 5.02 Å². The summed E-state index contributed by atoms with van der Waals surface area (Å²) in [5.74, 6) is -0.0631. The summed E-state index contributed by atoms with van der Waals surface area (Å²) in [6.07, 6.45) is 2.47. The lowest BCUT2D eigenvalue weighted by Gasteiger charge is -2.46. The monoisotopic (exact) mass is 488 g/mol. The average Bonchev–Trinajstić information content (AvgIpc) is 3.25. The van der Waals surface area contributed by atoms with E-state index in [1.54, 1.807) is 6.92 Å². The van der Waals surface area contributed by atoms with Gasteiger partial charge in [-0.2, -0.15) is 10.2 Å². The van der Waals surface area contributed by atoms with E-state index in [9.17, 15) is 4.79 Å². The van der Waals surface area contributed by atoms with Crippen LogP contribution in [0.15, 0.2) is 89.1 Å². The summed E-state index contributed by atoms with van der Waals surface area (Å²) in [7, 11) is 0. The third-order valence-electron chi connectivity index (χ3n) is 6.07. The number of rotatable bonds is 5. The highest BCUT2D eigenvalue weighted by atomic mass is 35.5. The van der Waals surface area contributed by atoms with Gasteiger partial charge in [-0.25, -0.2) is 10.0 Å². The van der Waals surface area contributed by atoms with Gasteiger partial charge in [0.15, 0.2) is 10.8 Å². The first-order valence-corrected chi connectivity index (χ1v) is 12.6. The number of aryl methyl sites for hydroxylation is 1. The van der Waals surface area contributed by atoms with E-state index in [2.05, 4.69) is 31.2 Å². The van der Waals surface area contributed by atoms with Crippen molar-refractivity contribution >= 4 is 51.3 Å². The topological polar surface area (TPSA) is 48.3 Å². The minimum atomic E-state index is -0.722. The lowest BCUT2D eigenvalue weighted by atomic mass is 10.0. The van der Waals surface area contributed by atoms with Crippen LogP contribution in [0.1, 0.15) is 37.8 Å². The van der Waals surface area contributed by atoms with E-state index in [4.69, 9.17) is 21.8 Å². The maximum Gasteiger partial charge on any atom is 0.208 e. The van der Waals surface area contributed by atoms with Crippen LogP contribution in [0, 0.1) is 0 Å². The number of ketones is 1. The third-order valence-corrected chi connectivity index (χ3v) is 7.75. The van der Waals surface area contributed by atoms with E-state index in [1.165, 1.54) is 17.3 Å². The van der Waals surface area contributed by atoms with Gasteiger partial charge < -0.3 is 0 Å². The Morgan fingerprint density at radius 3 is 2.35 bits per heavy atom. The fraction of sp³-hybridized carbons (Fsp3) is 0.222. The minimum Gasteiger partial charge on any atom is -0.292 e. The highest BCUT2D eigenvalue weighted by molar-refractivity contribution is 8.17. The molecule has 0 radical (unpaired) electrons. The smallest absolute Gasteiger partial charge is 0.208 e. The van der Waals surface area contributed by atoms with Crippen molar-refractivity contribution in [3.05, 3.63) is 95.0 Å². The normalized spacial score (nSPS) is 19.9. The van der Waals surface area contributed by atoms with E-state index >= 15 is 0 Å². The molecule has 2 aliphatic heterocycles. The molecule has 2 aliphatic rings. The number of Topliss-reactive ketones (excluding diaryl/α,β-unsaturated/α-hetero) is 1. The molecule has 3 aromatic rings. The Morgan fingerprint density at radius 2 is 1.68 bits per heavy atom. The molecule has 172 valence electrons. The SMILES string of the molecule is CCc1ccc(C2=NN(c3ccccc3)C3(CC2)SC(C(C)=O)=NN3c2cccc(Cl)c2)cc1. The molecule has 0 N–H and O–H groups in total. The molecule has 0 bridgehead atoms. The molecule has 0 aliphatic carbocycles. The summed E-state index contributed by atoms with van der Waals surface area (Å²) < 4.78 is 0. The van der Waals surface area contributed by atoms with Crippen molar-refractivity contribution in [3.8, 4) is 0 Å². The predicted octanol–water partition coefficient (Wildman–Crippen LogP) is 6.72. The number of halogens is 1. The van der Waals surface area contributed by atoms with Crippen LogP contribution >= 0.6 is 23.4 Å². The van der Waals surface area contributed by atoms with E-state index in [0.717, 1.165) is 35.5 Å². The quantitative estimate of drug-likeness (QED) is 0.400. The van der Waals surface area contributed by atoms with Crippen molar-refractivity contribution in [2.24, 2.45) is 10.2 Å². The predicted molar refractivity (Wildman–Crippen MR) is 143 cm³/mol. The van der Waals surface area contributed by atoms with Gasteiger partial charge in [0.2, 0.25) is 4.99 Å². The van der Waals surface area contributed by atoms with Gasteiger partial charge in [0, 0.05) is 18.4 Å². The Balaban J connectivity index is 1.65. The maximum absolute atomic E-state index is 12.4. The molecule has 34 heavy (non-hydrogen) atoms. The van der Waals surface area contributed by atoms with Gasteiger partial charge in [0.25, 0.3) is 0 Å². The summed E-state index contributed by atoms with van der Waals surface area (Å²) in [6, 6.07) is 26.3. The summed E-state index contributed by atoms with van der Waals surface area (Å²) >= 11 is 7.80. The van der Waals surface area contributed by atoms with Gasteiger partial charge in [0.05, 0.1) is 17.1 Å². The summed E-state index contributed by atoms with van der Waals surface area (Å²) in [4.78, 5) is 11.7. The number of hydrogen-bond acceptors (Lipinski definition) is 6. The van der Waals surface area contributed by atoms with Gasteiger partial charge in [-0.1, -0.05) is 67.1 Å². The lowest BCUT2D eigenvalue weighted by Crippen LogP contribution is -2.56. The van der Waals surface area contributed by atoms with Gasteiger partial charge in [-0.05, 0) is 66.1 Å². The Morgan fingerprint density at radius 1 is 0.971 bits per heavy atom. The summed E-state index contributed by atoms with van der Waals surface area (Å²) in [6.45, 7) is 3.71. The highest BCUT2D eigenvalue weighted by Gasteiger charge is 2.52. The molecule has 0 saturated heterocycles. The highest BCUT2D eigenvalue weighted by Crippen LogP contribution is 2.50. The van der Waals surface area contributed by atoms with E-state index < -0.39 is 4.99 Å². The molecule has 2 heterocycles. The van der Waals surface area contributed by atoms with Crippen molar-refractivity contribution in [1.29, 1.82) is 0 Å². The zero-order valence-corrected chi connectivity index (χ0v) is 20.7. The zero-order chi connectivity index (χ0) is 23.7. The van der Waals surface area contributed by atoms with E-state index in [0.29, 0.717) is 16.5 Å². The molecule has 0 saturated carbocycles. The molecule has 1 unspecified atom stereocenters. The Kier molecular flexibility index (Phi) is 6.19. The molecular weight excluding hydrogens is 464 g/mol. The molecule has 1 spiro atoms. The van der Waals surface area contributed by atoms with Crippen molar-refractivity contribution in [1.82, 2.24) is 0 Å². The Bertz CT molecular complexity index is 1280. The lowest BCUT2D eigenvalue weighted by molar-refractivity contribution is -0.110. The second-order valence-electron chi connectivity index (χ2n) is 8.34. The van der Waals surface area contributed by atoms with Crippen LogP contribution in [0.4, 0.5) is 11.4 Å². The molecule has 5 nitrogen and oxygen atoms in total. The van der Waals surface area contributed by atoms with Crippen LogP contribution in [0.25, 0.3) is 0 Å². The molecule has 0 amide bonds. The Labute approximate surface area is 209 Å². The van der Waals surface area contributed by atoms with Crippen molar-refractivity contribution in [3.63, 3.8) is 0 Å². The molecule has 0 fully saturated rings. The fourth-order valence-electron chi connectivity index (χ4n) is 4.29. The largest absolute Gasteiger partial charge is 0.292 e.